The third-order valence-corrected chi connectivity index (χ3v) is 2.74. The van der Waals surface area contributed by atoms with Crippen molar-refractivity contribution in [3.05, 3.63) is 52.2 Å². The van der Waals surface area contributed by atoms with Crippen molar-refractivity contribution in [3.8, 4) is 0 Å². The van der Waals surface area contributed by atoms with Gasteiger partial charge in [-0.1, -0.05) is 37.3 Å². The fourth-order valence-electron chi connectivity index (χ4n) is 1.71. The van der Waals surface area contributed by atoms with Gasteiger partial charge in [-0.05, 0) is 12.0 Å². The van der Waals surface area contributed by atoms with Crippen LogP contribution in [0.2, 0.25) is 0 Å². The van der Waals surface area contributed by atoms with Gasteiger partial charge in [0.05, 0.1) is 12.6 Å². The molecule has 0 radical (unpaired) electrons. The second-order valence-corrected chi connectivity index (χ2v) is 3.97. The van der Waals surface area contributed by atoms with Crippen molar-refractivity contribution in [2.24, 2.45) is 5.73 Å². The summed E-state index contributed by atoms with van der Waals surface area (Å²) in [4.78, 5) is 11.7. The average Bonchev–Trinajstić information content (AvgIpc) is 2.72. The van der Waals surface area contributed by atoms with Crippen LogP contribution in [0, 0.1) is 0 Å². The normalized spacial score (nSPS) is 12.6. The van der Waals surface area contributed by atoms with E-state index in [1.807, 2.05) is 37.3 Å². The molecule has 1 aromatic heterocycles. The minimum Gasteiger partial charge on any atom is -0.321 e. The van der Waals surface area contributed by atoms with E-state index in [0.29, 0.717) is 12.4 Å². The van der Waals surface area contributed by atoms with E-state index in [1.54, 1.807) is 4.57 Å². The van der Waals surface area contributed by atoms with E-state index in [9.17, 15) is 4.79 Å². The maximum Gasteiger partial charge on any atom is 0.343 e. The van der Waals surface area contributed by atoms with Gasteiger partial charge in [0.15, 0.2) is 5.82 Å². The highest BCUT2D eigenvalue weighted by atomic mass is 16.1. The van der Waals surface area contributed by atoms with Crippen LogP contribution >= 0.6 is 0 Å². The van der Waals surface area contributed by atoms with Crippen LogP contribution in [0.4, 0.5) is 0 Å². The molecule has 2 aromatic rings. The fraction of sp³-hybridized carbons (Fsp3) is 0.333. The summed E-state index contributed by atoms with van der Waals surface area (Å²) >= 11 is 0. The van der Waals surface area contributed by atoms with Gasteiger partial charge < -0.3 is 5.73 Å². The highest BCUT2D eigenvalue weighted by Gasteiger charge is 2.14. The second-order valence-electron chi connectivity index (χ2n) is 3.97. The number of nitrogens with one attached hydrogen (secondary N) is 1. The summed E-state index contributed by atoms with van der Waals surface area (Å²) in [5.74, 6) is 0.612. The monoisotopic (exact) mass is 232 g/mol. The predicted octanol–water partition coefficient (Wildman–Crippen LogP) is 1.03. The van der Waals surface area contributed by atoms with Crippen LogP contribution in [-0.2, 0) is 6.54 Å². The molecule has 0 bridgehead atoms. The Kier molecular flexibility index (Phi) is 3.39. The van der Waals surface area contributed by atoms with E-state index in [2.05, 4.69) is 10.2 Å². The van der Waals surface area contributed by atoms with Gasteiger partial charge >= 0.3 is 5.69 Å². The Morgan fingerprint density at radius 3 is 2.76 bits per heavy atom. The van der Waals surface area contributed by atoms with Crippen molar-refractivity contribution in [1.29, 1.82) is 0 Å². The van der Waals surface area contributed by atoms with Crippen molar-refractivity contribution in [1.82, 2.24) is 14.8 Å². The van der Waals surface area contributed by atoms with Gasteiger partial charge in [-0.2, -0.15) is 5.10 Å². The van der Waals surface area contributed by atoms with Gasteiger partial charge in [-0.15, -0.1) is 0 Å². The van der Waals surface area contributed by atoms with Crippen molar-refractivity contribution in [2.75, 3.05) is 0 Å². The quantitative estimate of drug-likeness (QED) is 0.826. The molecular formula is C12H16N4O. The highest BCUT2D eigenvalue weighted by Crippen LogP contribution is 2.10. The summed E-state index contributed by atoms with van der Waals surface area (Å²) in [6.45, 7) is 2.47. The zero-order chi connectivity index (χ0) is 12.3. The van der Waals surface area contributed by atoms with Crippen LogP contribution in [0.3, 0.4) is 0 Å². The molecule has 90 valence electrons. The van der Waals surface area contributed by atoms with Crippen molar-refractivity contribution in [3.63, 3.8) is 0 Å². The number of nitrogens with two attached hydrogens (primary N) is 1. The Labute approximate surface area is 99.3 Å². The molecule has 5 nitrogen and oxygen atoms in total. The van der Waals surface area contributed by atoms with Crippen LogP contribution < -0.4 is 11.4 Å². The molecule has 0 aliphatic carbocycles. The third-order valence-electron chi connectivity index (χ3n) is 2.74. The lowest BCUT2D eigenvalue weighted by Gasteiger charge is -2.10. The summed E-state index contributed by atoms with van der Waals surface area (Å²) in [6, 6.07) is 9.57. The zero-order valence-corrected chi connectivity index (χ0v) is 9.76. The van der Waals surface area contributed by atoms with E-state index in [-0.39, 0.29) is 11.7 Å². The molecule has 0 saturated carbocycles. The standard InChI is InChI=1S/C12H16N4O/c1-2-10(13)11-14-15-12(17)16(11)8-9-6-4-3-5-7-9/h3-7,10H,2,8,13H2,1H3,(H,15,17). The Hall–Kier alpha value is -1.88. The van der Waals surface area contributed by atoms with Crippen LogP contribution in [0.15, 0.2) is 35.1 Å². The largest absolute Gasteiger partial charge is 0.343 e. The number of aromatic nitrogens is 3. The maximum absolute atomic E-state index is 11.7. The third kappa shape index (κ3) is 2.45. The lowest BCUT2D eigenvalue weighted by atomic mass is 10.2. The number of aromatic amines is 1. The number of hydrogen-bond acceptors (Lipinski definition) is 3. The van der Waals surface area contributed by atoms with Crippen molar-refractivity contribution >= 4 is 0 Å². The first-order chi connectivity index (χ1) is 8.22. The Morgan fingerprint density at radius 1 is 1.41 bits per heavy atom. The number of H-pyrrole nitrogens is 1. The van der Waals surface area contributed by atoms with Crippen LogP contribution in [-0.4, -0.2) is 14.8 Å². The van der Waals surface area contributed by atoms with Gasteiger partial charge in [0.1, 0.15) is 0 Å². The smallest absolute Gasteiger partial charge is 0.321 e. The predicted molar refractivity (Wildman–Crippen MR) is 65.6 cm³/mol. The fourth-order valence-corrected chi connectivity index (χ4v) is 1.71. The first-order valence-electron chi connectivity index (χ1n) is 5.67. The molecule has 0 spiro atoms. The lowest BCUT2D eigenvalue weighted by Crippen LogP contribution is -2.23. The molecule has 0 aliphatic rings. The molecule has 1 atom stereocenters. The first-order valence-corrected chi connectivity index (χ1v) is 5.67. The Bertz CT molecular complexity index is 529. The van der Waals surface area contributed by atoms with Gasteiger partial charge in [0.25, 0.3) is 0 Å². The van der Waals surface area contributed by atoms with Crippen LogP contribution in [0.1, 0.15) is 30.8 Å². The van der Waals surface area contributed by atoms with Gasteiger partial charge in [-0.25, -0.2) is 9.89 Å². The van der Waals surface area contributed by atoms with E-state index in [1.165, 1.54) is 0 Å². The van der Waals surface area contributed by atoms with Crippen molar-refractivity contribution < 1.29 is 0 Å². The Balaban J connectivity index is 2.32. The van der Waals surface area contributed by atoms with E-state index >= 15 is 0 Å². The maximum atomic E-state index is 11.7. The summed E-state index contributed by atoms with van der Waals surface area (Å²) < 4.78 is 1.59. The summed E-state index contributed by atoms with van der Waals surface area (Å²) in [5, 5.41) is 6.43. The Morgan fingerprint density at radius 2 is 2.12 bits per heavy atom. The highest BCUT2D eigenvalue weighted by molar-refractivity contribution is 5.15. The molecular weight excluding hydrogens is 216 g/mol. The lowest BCUT2D eigenvalue weighted by molar-refractivity contribution is 0.591. The molecule has 3 N–H and O–H groups in total. The summed E-state index contributed by atoms with van der Waals surface area (Å²) in [7, 11) is 0. The minimum atomic E-state index is -0.215. The van der Waals surface area contributed by atoms with Crippen molar-refractivity contribution in [2.45, 2.75) is 25.9 Å². The molecule has 0 amide bonds. The molecule has 5 heteroatoms. The average molecular weight is 232 g/mol. The molecule has 0 saturated heterocycles. The molecule has 2 rings (SSSR count). The zero-order valence-electron chi connectivity index (χ0n) is 9.76. The summed E-state index contributed by atoms with van der Waals surface area (Å²) in [5.41, 5.74) is 6.76. The first kappa shape index (κ1) is 11.6. The summed E-state index contributed by atoms with van der Waals surface area (Å²) in [6.07, 6.45) is 0.749. The van der Waals surface area contributed by atoms with Gasteiger partial charge in [0, 0.05) is 0 Å². The second kappa shape index (κ2) is 4.97. The molecule has 1 unspecified atom stereocenters. The van der Waals surface area contributed by atoms with E-state index in [4.69, 9.17) is 5.73 Å². The number of benzene rings is 1. The number of rotatable bonds is 4. The topological polar surface area (TPSA) is 76.7 Å². The van der Waals surface area contributed by atoms with Crippen LogP contribution in [0.25, 0.3) is 0 Å². The van der Waals surface area contributed by atoms with Gasteiger partial charge in [0.2, 0.25) is 0 Å². The molecule has 1 aromatic carbocycles. The van der Waals surface area contributed by atoms with Crippen LogP contribution in [0.5, 0.6) is 0 Å². The van der Waals surface area contributed by atoms with E-state index < -0.39 is 0 Å². The molecule has 0 aliphatic heterocycles. The SMILES string of the molecule is CCC(N)c1n[nH]c(=O)n1Cc1ccccc1. The minimum absolute atomic E-state index is 0.210. The molecule has 0 fully saturated rings. The number of hydrogen-bond donors (Lipinski definition) is 2. The molecule has 17 heavy (non-hydrogen) atoms. The van der Waals surface area contributed by atoms with Gasteiger partial charge in [-0.3, -0.25) is 4.57 Å². The molecule has 1 heterocycles. The van der Waals surface area contributed by atoms with E-state index in [0.717, 1.165) is 12.0 Å². The number of nitrogens with zero attached hydrogens (tertiary/aromatic N) is 2.